The van der Waals surface area contributed by atoms with Gasteiger partial charge in [-0.25, -0.2) is 9.97 Å². The molecule has 6 heteroatoms. The van der Waals surface area contributed by atoms with Crippen LogP contribution in [-0.2, 0) is 0 Å². The summed E-state index contributed by atoms with van der Waals surface area (Å²) in [5.41, 5.74) is 7.19. The van der Waals surface area contributed by atoms with E-state index in [9.17, 15) is 0 Å². The second-order valence-corrected chi connectivity index (χ2v) is 5.55. The minimum absolute atomic E-state index is 0.214. The van der Waals surface area contributed by atoms with Gasteiger partial charge in [-0.1, -0.05) is 23.9 Å². The second kappa shape index (κ2) is 5.25. The van der Waals surface area contributed by atoms with Crippen LogP contribution < -0.4 is 5.73 Å². The number of benzene rings is 1. The van der Waals surface area contributed by atoms with E-state index in [1.165, 1.54) is 11.8 Å². The highest BCUT2D eigenvalue weighted by Crippen LogP contribution is 2.36. The predicted octanol–water partition coefficient (Wildman–Crippen LogP) is 3.93. The summed E-state index contributed by atoms with van der Waals surface area (Å²) in [5, 5.41) is 0.889. The van der Waals surface area contributed by atoms with Gasteiger partial charge < -0.3 is 5.73 Å². The molecule has 0 atom stereocenters. The van der Waals surface area contributed by atoms with E-state index < -0.39 is 0 Å². The molecule has 0 amide bonds. The molecule has 0 saturated carbocycles. The predicted molar refractivity (Wildman–Crippen MR) is 74.5 cm³/mol. The zero-order valence-corrected chi connectivity index (χ0v) is 12.1. The molecule has 3 nitrogen and oxygen atoms in total. The van der Waals surface area contributed by atoms with Crippen LogP contribution in [0.15, 0.2) is 38.7 Å². The number of hydrogen-bond acceptors (Lipinski definition) is 4. The molecule has 1 aromatic heterocycles. The van der Waals surface area contributed by atoms with Gasteiger partial charge >= 0.3 is 0 Å². The number of nitrogens with two attached hydrogens (primary N) is 1. The summed E-state index contributed by atoms with van der Waals surface area (Å²) < 4.78 is 0.997. The Morgan fingerprint density at radius 2 is 2.00 bits per heavy atom. The van der Waals surface area contributed by atoms with Gasteiger partial charge in [0.25, 0.3) is 0 Å². The van der Waals surface area contributed by atoms with Crippen molar-refractivity contribution in [1.82, 2.24) is 9.97 Å². The van der Waals surface area contributed by atoms with Crippen molar-refractivity contribution in [2.24, 2.45) is 0 Å². The van der Waals surface area contributed by atoms with Crippen LogP contribution in [0.5, 0.6) is 0 Å². The van der Waals surface area contributed by atoms with E-state index in [1.54, 1.807) is 0 Å². The van der Waals surface area contributed by atoms with Gasteiger partial charge in [-0.2, -0.15) is 0 Å². The van der Waals surface area contributed by atoms with Gasteiger partial charge in [0, 0.05) is 9.37 Å². The molecule has 2 aromatic rings. The van der Waals surface area contributed by atoms with Crippen molar-refractivity contribution in [3.05, 3.63) is 39.7 Å². The van der Waals surface area contributed by atoms with Gasteiger partial charge in [0.05, 0.1) is 11.4 Å². The average Bonchev–Trinajstić information content (AvgIpc) is 2.28. The smallest absolute Gasteiger partial charge is 0.223 e. The summed E-state index contributed by atoms with van der Waals surface area (Å²) in [6.45, 7) is 1.81. The molecule has 2 N–H and O–H groups in total. The molecule has 0 unspecified atom stereocenters. The van der Waals surface area contributed by atoms with Gasteiger partial charge in [0.15, 0.2) is 0 Å². The second-order valence-electron chi connectivity index (χ2n) is 3.33. The Balaban J connectivity index is 2.40. The monoisotopic (exact) mass is 329 g/mol. The molecular weight excluding hydrogens is 322 g/mol. The molecular formula is C11H9BrClN3S. The Bertz CT molecular complexity index is 562. The number of anilines is 1. The van der Waals surface area contributed by atoms with Crippen molar-refractivity contribution in [2.75, 3.05) is 5.73 Å². The molecule has 1 heterocycles. The minimum Gasteiger partial charge on any atom is -0.395 e. The van der Waals surface area contributed by atoms with Crippen LogP contribution in [-0.4, -0.2) is 9.97 Å². The van der Waals surface area contributed by atoms with E-state index in [1.807, 2.05) is 31.2 Å². The van der Waals surface area contributed by atoms with Crippen LogP contribution in [0.2, 0.25) is 5.28 Å². The summed E-state index contributed by atoms with van der Waals surface area (Å²) in [4.78, 5) is 9.18. The highest BCUT2D eigenvalue weighted by molar-refractivity contribution is 9.10. The SMILES string of the molecule is Cc1nc(Cl)nc(Sc2ccccc2Br)c1N. The van der Waals surface area contributed by atoms with E-state index >= 15 is 0 Å². The third-order valence-electron chi connectivity index (χ3n) is 2.12. The third kappa shape index (κ3) is 2.91. The standard InChI is InChI=1S/C11H9BrClN3S/c1-6-9(14)10(16-11(13)15-6)17-8-5-3-2-4-7(8)12/h2-5H,14H2,1H3. The van der Waals surface area contributed by atoms with Crippen molar-refractivity contribution in [3.8, 4) is 0 Å². The van der Waals surface area contributed by atoms with Gasteiger partial charge in [-0.3, -0.25) is 0 Å². The lowest BCUT2D eigenvalue weighted by molar-refractivity contribution is 1.02. The maximum Gasteiger partial charge on any atom is 0.223 e. The van der Waals surface area contributed by atoms with Crippen molar-refractivity contribution in [1.29, 1.82) is 0 Å². The minimum atomic E-state index is 0.214. The maximum absolute atomic E-state index is 5.93. The van der Waals surface area contributed by atoms with Crippen LogP contribution in [0.3, 0.4) is 0 Å². The molecule has 0 spiro atoms. The number of rotatable bonds is 2. The highest BCUT2D eigenvalue weighted by atomic mass is 79.9. The summed E-state index contributed by atoms with van der Waals surface area (Å²) in [7, 11) is 0. The molecule has 17 heavy (non-hydrogen) atoms. The average molecular weight is 331 g/mol. The zero-order valence-electron chi connectivity index (χ0n) is 8.95. The molecule has 0 aliphatic carbocycles. The molecule has 0 fully saturated rings. The lowest BCUT2D eigenvalue weighted by Gasteiger charge is -2.08. The van der Waals surface area contributed by atoms with Crippen LogP contribution in [0.1, 0.15) is 5.69 Å². The van der Waals surface area contributed by atoms with E-state index in [2.05, 4.69) is 25.9 Å². The zero-order chi connectivity index (χ0) is 12.4. The first kappa shape index (κ1) is 12.7. The topological polar surface area (TPSA) is 51.8 Å². The van der Waals surface area contributed by atoms with E-state index in [0.29, 0.717) is 16.4 Å². The number of nitrogens with zero attached hydrogens (tertiary/aromatic N) is 2. The Morgan fingerprint density at radius 1 is 1.29 bits per heavy atom. The van der Waals surface area contributed by atoms with E-state index in [0.717, 1.165) is 9.37 Å². The quantitative estimate of drug-likeness (QED) is 0.669. The van der Waals surface area contributed by atoms with Gasteiger partial charge in [-0.05, 0) is 46.6 Å². The van der Waals surface area contributed by atoms with Crippen LogP contribution >= 0.6 is 39.3 Å². The van der Waals surface area contributed by atoms with Crippen molar-refractivity contribution < 1.29 is 0 Å². The molecule has 0 bridgehead atoms. The molecule has 2 rings (SSSR count). The van der Waals surface area contributed by atoms with Crippen LogP contribution in [0, 0.1) is 6.92 Å². The van der Waals surface area contributed by atoms with Gasteiger partial charge in [-0.15, -0.1) is 0 Å². The largest absolute Gasteiger partial charge is 0.395 e. The van der Waals surface area contributed by atoms with E-state index in [-0.39, 0.29) is 5.28 Å². The Kier molecular flexibility index (Phi) is 3.91. The fraction of sp³-hybridized carbons (Fsp3) is 0.0909. The number of aryl methyl sites for hydroxylation is 1. The Hall–Kier alpha value is -0.780. The Morgan fingerprint density at radius 3 is 2.71 bits per heavy atom. The van der Waals surface area contributed by atoms with Gasteiger partial charge in [0.1, 0.15) is 5.03 Å². The molecule has 0 radical (unpaired) electrons. The fourth-order valence-electron chi connectivity index (χ4n) is 1.23. The normalized spacial score (nSPS) is 10.5. The summed E-state index contributed by atoms with van der Waals surface area (Å²) >= 11 is 10.8. The molecule has 1 aromatic carbocycles. The van der Waals surface area contributed by atoms with Gasteiger partial charge in [0.2, 0.25) is 5.28 Å². The molecule has 88 valence electrons. The first-order chi connectivity index (χ1) is 8.08. The number of nitrogen functional groups attached to an aromatic ring is 1. The van der Waals surface area contributed by atoms with Crippen molar-refractivity contribution in [3.63, 3.8) is 0 Å². The first-order valence-electron chi connectivity index (χ1n) is 4.80. The number of aromatic nitrogens is 2. The third-order valence-corrected chi connectivity index (χ3v) is 4.32. The first-order valence-corrected chi connectivity index (χ1v) is 6.78. The highest BCUT2D eigenvalue weighted by Gasteiger charge is 2.10. The van der Waals surface area contributed by atoms with Crippen LogP contribution in [0.25, 0.3) is 0 Å². The van der Waals surface area contributed by atoms with Crippen molar-refractivity contribution in [2.45, 2.75) is 16.8 Å². The number of halogens is 2. The summed E-state index contributed by atoms with van der Waals surface area (Å²) in [6, 6.07) is 7.86. The molecule has 0 aliphatic rings. The Labute approximate surface area is 117 Å². The lowest BCUT2D eigenvalue weighted by atomic mass is 10.4. The fourth-order valence-corrected chi connectivity index (χ4v) is 2.93. The molecule has 0 aliphatic heterocycles. The van der Waals surface area contributed by atoms with Crippen molar-refractivity contribution >= 4 is 45.0 Å². The van der Waals surface area contributed by atoms with E-state index in [4.69, 9.17) is 17.3 Å². The maximum atomic E-state index is 5.93. The molecule has 0 saturated heterocycles. The number of hydrogen-bond donors (Lipinski definition) is 1. The lowest BCUT2D eigenvalue weighted by Crippen LogP contribution is -1.99. The van der Waals surface area contributed by atoms with Crippen LogP contribution in [0.4, 0.5) is 5.69 Å². The summed E-state index contributed by atoms with van der Waals surface area (Å²) in [6.07, 6.45) is 0. The summed E-state index contributed by atoms with van der Waals surface area (Å²) in [5.74, 6) is 0.